The lowest BCUT2D eigenvalue weighted by molar-refractivity contribution is 0.0756. The van der Waals surface area contributed by atoms with Crippen LogP contribution in [0.25, 0.3) is 0 Å². The molecule has 142 valence electrons. The zero-order chi connectivity index (χ0) is 18.8. The fraction of sp³-hybridized carbons (Fsp3) is 1.00. The van der Waals surface area contributed by atoms with Crippen molar-refractivity contribution in [2.24, 2.45) is 21.7 Å². The van der Waals surface area contributed by atoms with Gasteiger partial charge in [-0.25, -0.2) is 0 Å². The van der Waals surface area contributed by atoms with Gasteiger partial charge >= 0.3 is 0 Å². The predicted octanol–water partition coefficient (Wildman–Crippen LogP) is 6.93. The maximum absolute atomic E-state index is 2.88. The van der Waals surface area contributed by atoms with Gasteiger partial charge in [0.15, 0.2) is 0 Å². The van der Waals surface area contributed by atoms with E-state index in [4.69, 9.17) is 0 Å². The van der Waals surface area contributed by atoms with Gasteiger partial charge in [0, 0.05) is 23.9 Å². The van der Waals surface area contributed by atoms with Crippen molar-refractivity contribution in [1.82, 2.24) is 4.67 Å². The van der Waals surface area contributed by atoms with E-state index >= 15 is 0 Å². The van der Waals surface area contributed by atoms with E-state index in [1.54, 1.807) is 0 Å². The Morgan fingerprint density at radius 2 is 1.33 bits per heavy atom. The number of rotatable bonds is 7. The van der Waals surface area contributed by atoms with Gasteiger partial charge < -0.3 is 0 Å². The minimum atomic E-state index is -1.19. The van der Waals surface area contributed by atoms with Crippen molar-refractivity contribution < 1.29 is 0 Å². The van der Waals surface area contributed by atoms with Gasteiger partial charge in [0.2, 0.25) is 0 Å². The van der Waals surface area contributed by atoms with Crippen molar-refractivity contribution in [2.75, 3.05) is 25.9 Å². The molecule has 1 saturated heterocycles. The summed E-state index contributed by atoms with van der Waals surface area (Å²) in [4.78, 5) is 0. The topological polar surface area (TPSA) is 3.01 Å². The molecule has 1 saturated carbocycles. The van der Waals surface area contributed by atoms with Gasteiger partial charge in [-0.1, -0.05) is 55.4 Å². The first kappa shape index (κ1) is 20.7. The van der Waals surface area contributed by atoms with Crippen LogP contribution in [0.2, 0.25) is 0 Å². The van der Waals surface area contributed by atoms with E-state index in [1.807, 2.05) is 0 Å². The highest BCUT2D eigenvalue weighted by Crippen LogP contribution is 2.80. The third-order valence-electron chi connectivity index (χ3n) is 8.98. The van der Waals surface area contributed by atoms with Crippen LogP contribution in [0.1, 0.15) is 88.5 Å². The van der Waals surface area contributed by atoms with Crippen LogP contribution in [0, 0.1) is 21.7 Å². The molecular weight excluding hydrogens is 309 g/mol. The Morgan fingerprint density at radius 1 is 0.875 bits per heavy atom. The highest BCUT2D eigenvalue weighted by Gasteiger charge is 2.69. The third kappa shape index (κ3) is 2.90. The Morgan fingerprint density at radius 3 is 1.62 bits per heavy atom. The van der Waals surface area contributed by atoms with Gasteiger partial charge in [0.25, 0.3) is 0 Å². The van der Waals surface area contributed by atoms with Crippen LogP contribution in [0.3, 0.4) is 0 Å². The van der Waals surface area contributed by atoms with Crippen molar-refractivity contribution in [3.8, 4) is 0 Å². The third-order valence-corrected chi connectivity index (χ3v) is 15.0. The molecule has 0 N–H and O–H groups in total. The van der Waals surface area contributed by atoms with Crippen molar-refractivity contribution in [3.63, 3.8) is 0 Å². The lowest BCUT2D eigenvalue weighted by Gasteiger charge is -2.53. The molecule has 24 heavy (non-hydrogen) atoms. The summed E-state index contributed by atoms with van der Waals surface area (Å²) in [6.45, 7) is 30.6. The fourth-order valence-electron chi connectivity index (χ4n) is 5.71. The zero-order valence-electron chi connectivity index (χ0n) is 18.6. The summed E-state index contributed by atoms with van der Waals surface area (Å²) in [5.74, 6) is 0. The molecule has 2 aliphatic rings. The van der Waals surface area contributed by atoms with Crippen LogP contribution < -0.4 is 0 Å². The minimum absolute atomic E-state index is 0.395. The van der Waals surface area contributed by atoms with E-state index < -0.39 is 7.41 Å². The molecule has 0 spiro atoms. The highest BCUT2D eigenvalue weighted by atomic mass is 31.2. The molecule has 0 radical (unpaired) electrons. The first-order valence-electron chi connectivity index (χ1n) is 10.2. The molecule has 1 aliphatic carbocycles. The Kier molecular flexibility index (Phi) is 4.91. The first-order chi connectivity index (χ1) is 10.6. The fourth-order valence-corrected chi connectivity index (χ4v) is 11.3. The van der Waals surface area contributed by atoms with Crippen molar-refractivity contribution in [1.29, 1.82) is 0 Å². The molecule has 1 atom stereocenters. The van der Waals surface area contributed by atoms with Crippen LogP contribution in [-0.2, 0) is 0 Å². The van der Waals surface area contributed by atoms with Gasteiger partial charge in [-0.3, -0.25) is 0 Å². The second-order valence-corrected chi connectivity index (χ2v) is 16.0. The molecule has 0 bridgehead atoms. The molecule has 0 aromatic carbocycles. The Labute approximate surface area is 153 Å². The first-order valence-corrected chi connectivity index (χ1v) is 12.6. The van der Waals surface area contributed by atoms with E-state index in [2.05, 4.69) is 80.6 Å². The number of nitrogens with zero attached hydrogens (tertiary/aromatic N) is 1. The summed E-state index contributed by atoms with van der Waals surface area (Å²) in [7, 11) is -1.19. The second kappa shape index (κ2) is 5.69. The second-order valence-electron chi connectivity index (χ2n) is 11.8. The van der Waals surface area contributed by atoms with E-state index in [1.165, 1.54) is 38.5 Å². The molecule has 0 amide bonds. The van der Waals surface area contributed by atoms with Gasteiger partial charge in [0.05, 0.1) is 25.4 Å². The van der Waals surface area contributed by atoms with Crippen LogP contribution in [0.5, 0.6) is 0 Å². The number of hydrogen-bond donors (Lipinski definition) is 0. The van der Waals surface area contributed by atoms with E-state index in [9.17, 15) is 0 Å². The molecular formula is C22H45NP+. The van der Waals surface area contributed by atoms with E-state index in [0.717, 1.165) is 0 Å². The minimum Gasteiger partial charge on any atom is -0.177 e. The Bertz CT molecular complexity index is 475. The molecule has 0 aromatic heterocycles. The Balaban J connectivity index is 2.39. The quantitative estimate of drug-likeness (QED) is 0.354. The largest absolute Gasteiger partial charge is 0.177 e. The summed E-state index contributed by atoms with van der Waals surface area (Å²) < 4.78 is 2.88. The maximum Gasteiger partial charge on any atom is 0.0947 e. The standard InChI is InChI=1S/C22H45NP/c1-12-19(5,6)21(9,10)24(11,23-15-16-23)17-20(7,8)22(13-14-22)18(2,3)4/h12-17H2,1-11H3/q+1. The van der Waals surface area contributed by atoms with Gasteiger partial charge in [-0.15, -0.1) is 0 Å². The van der Waals surface area contributed by atoms with Gasteiger partial charge in [0.1, 0.15) is 0 Å². The van der Waals surface area contributed by atoms with Crippen molar-refractivity contribution in [3.05, 3.63) is 0 Å². The molecule has 1 aliphatic heterocycles. The van der Waals surface area contributed by atoms with Crippen LogP contribution in [0.15, 0.2) is 0 Å². The average molecular weight is 355 g/mol. The molecule has 0 aromatic rings. The van der Waals surface area contributed by atoms with Crippen LogP contribution >= 0.6 is 7.41 Å². The number of hydrogen-bond acceptors (Lipinski definition) is 1. The molecule has 1 unspecified atom stereocenters. The van der Waals surface area contributed by atoms with Crippen molar-refractivity contribution in [2.45, 2.75) is 93.7 Å². The van der Waals surface area contributed by atoms with Crippen molar-refractivity contribution >= 4 is 7.41 Å². The summed E-state index contributed by atoms with van der Waals surface area (Å²) >= 11 is 0. The Hall–Kier alpha value is 0.390. The summed E-state index contributed by atoms with van der Waals surface area (Å²) in [6, 6.07) is 0. The van der Waals surface area contributed by atoms with Gasteiger partial charge in [-0.05, 0) is 43.9 Å². The molecule has 1 heterocycles. The summed E-state index contributed by atoms with van der Waals surface area (Å²) in [5.41, 5.74) is 1.79. The summed E-state index contributed by atoms with van der Waals surface area (Å²) in [6.07, 6.45) is 5.56. The van der Waals surface area contributed by atoms with E-state index in [-0.39, 0.29) is 0 Å². The maximum atomic E-state index is 2.88. The van der Waals surface area contributed by atoms with Gasteiger partial charge in [-0.2, -0.15) is 4.67 Å². The lowest BCUT2D eigenvalue weighted by atomic mass is 9.63. The van der Waals surface area contributed by atoms with Crippen LogP contribution in [-0.4, -0.2) is 35.7 Å². The summed E-state index contributed by atoms with van der Waals surface area (Å²) in [5, 5.41) is 0.399. The smallest absolute Gasteiger partial charge is 0.0947 e. The predicted molar refractivity (Wildman–Crippen MR) is 112 cm³/mol. The molecule has 1 nitrogen and oxygen atoms in total. The zero-order valence-corrected chi connectivity index (χ0v) is 19.5. The SMILES string of the molecule is CCC(C)(C)C(C)(C)[P+](C)(CC(C)(C)C1(C(C)(C)C)CC1)N1CC1. The van der Waals surface area contributed by atoms with Crippen LogP contribution in [0.4, 0.5) is 0 Å². The molecule has 2 rings (SSSR count). The average Bonchev–Trinajstić information content (AvgIpc) is 3.28. The molecule has 2 heteroatoms. The lowest BCUT2D eigenvalue weighted by Crippen LogP contribution is -2.48. The molecule has 2 fully saturated rings. The monoisotopic (exact) mass is 354 g/mol. The highest BCUT2D eigenvalue weighted by molar-refractivity contribution is 7.74. The van der Waals surface area contributed by atoms with E-state index in [0.29, 0.717) is 26.8 Å². The normalized spacial score (nSPS) is 24.6.